The highest BCUT2D eigenvalue weighted by atomic mass is 35.7. The molecule has 0 heterocycles. The summed E-state index contributed by atoms with van der Waals surface area (Å²) in [6.07, 6.45) is -0.0238. The quantitative estimate of drug-likeness (QED) is 0.527. The second kappa shape index (κ2) is 7.17. The molecular weight excluding hydrogens is 254 g/mol. The first-order valence-electron chi connectivity index (χ1n) is 4.35. The minimum absolute atomic E-state index is 0.0238. The normalized spacial score (nSPS) is 12.3. The van der Waals surface area contributed by atoms with Crippen LogP contribution in [0, 0.1) is 10.2 Å². The lowest BCUT2D eigenvalue weighted by atomic mass is 10.1. The van der Waals surface area contributed by atoms with E-state index >= 15 is 0 Å². The topological polar surface area (TPSA) is 153 Å². The van der Waals surface area contributed by atoms with Crippen LogP contribution in [-0.2, 0) is 4.79 Å². The largest absolute Gasteiger partial charge is 0.481 e. The van der Waals surface area contributed by atoms with Gasteiger partial charge in [-0.2, -0.15) is 14.0 Å². The third-order valence-electron chi connectivity index (χ3n) is 1.62. The van der Waals surface area contributed by atoms with Gasteiger partial charge in [0.25, 0.3) is 0 Å². The number of hydrogen-bond acceptors (Lipinski definition) is 6. The summed E-state index contributed by atoms with van der Waals surface area (Å²) < 4.78 is 32.7. The molecule has 0 fully saturated rings. The van der Waals surface area contributed by atoms with Gasteiger partial charge < -0.3 is 10.8 Å². The summed E-state index contributed by atoms with van der Waals surface area (Å²) in [5.41, 5.74) is 6.48. The summed E-state index contributed by atoms with van der Waals surface area (Å²) >= 11 is 0. The van der Waals surface area contributed by atoms with Crippen LogP contribution < -0.4 is 19.7 Å². The first-order valence-corrected chi connectivity index (χ1v) is 5.62. The Kier molecular flexibility index (Phi) is 6.66. The van der Waals surface area contributed by atoms with Gasteiger partial charge in [0, 0.05) is 6.04 Å². The molecule has 96 valence electrons. The lowest BCUT2D eigenvalue weighted by molar-refractivity contribution is -1.92. The fourth-order valence-corrected chi connectivity index (χ4v) is 1.01. The van der Waals surface area contributed by atoms with Gasteiger partial charge in [-0.1, -0.05) is 30.3 Å². The maximum absolute atomic E-state index is 10.3. The molecule has 7 nitrogen and oxygen atoms in total. The Morgan fingerprint density at radius 2 is 1.71 bits per heavy atom. The van der Waals surface area contributed by atoms with E-state index in [0.29, 0.717) is 0 Å². The van der Waals surface area contributed by atoms with Crippen molar-refractivity contribution in [3.05, 3.63) is 35.9 Å². The van der Waals surface area contributed by atoms with Crippen LogP contribution in [0.25, 0.3) is 0 Å². The first kappa shape index (κ1) is 15.8. The average Bonchev–Trinajstić information content (AvgIpc) is 2.15. The molecule has 1 atom stereocenters. The number of hydrogen-bond donors (Lipinski definition) is 3. The van der Waals surface area contributed by atoms with Crippen molar-refractivity contribution in [3.8, 4) is 0 Å². The molecular formula is C9H12ClNO6. The van der Waals surface area contributed by atoms with Crippen LogP contribution in [0.5, 0.6) is 0 Å². The molecule has 0 bridgehead atoms. The Bertz CT molecular complexity index is 333. The minimum atomic E-state index is -4.69. The molecule has 8 heteroatoms. The molecule has 1 aromatic carbocycles. The molecule has 0 aromatic heterocycles. The summed E-state index contributed by atoms with van der Waals surface area (Å²) in [7, 11) is -4.69. The lowest BCUT2D eigenvalue weighted by Crippen LogP contribution is -2.58. The lowest BCUT2D eigenvalue weighted by Gasteiger charge is -2.07. The van der Waals surface area contributed by atoms with Crippen LogP contribution >= 0.6 is 0 Å². The number of carbonyl (C=O) groups is 1. The second-order valence-corrected chi connectivity index (χ2v) is 3.80. The van der Waals surface area contributed by atoms with Crippen LogP contribution in [0.15, 0.2) is 30.3 Å². The van der Waals surface area contributed by atoms with Crippen LogP contribution in [-0.4, -0.2) is 15.7 Å². The Morgan fingerprint density at radius 3 is 2.06 bits per heavy atom. The van der Waals surface area contributed by atoms with Crippen LogP contribution in [0.2, 0.25) is 0 Å². The maximum Gasteiger partial charge on any atom is 0.305 e. The number of nitrogens with two attached hydrogens (primary N) is 1. The molecule has 0 saturated heterocycles. The summed E-state index contributed by atoms with van der Waals surface area (Å²) in [6.45, 7) is 0. The number of carboxylic acid groups (broad SMARTS) is 1. The van der Waals surface area contributed by atoms with Crippen LogP contribution in [0.3, 0.4) is 0 Å². The smallest absolute Gasteiger partial charge is 0.305 e. The SMILES string of the molecule is NC(CC(=O)O)c1ccccc1.[O-][Cl+3]([O-])([O-])O. The number of aliphatic carboxylic acids is 1. The van der Waals surface area contributed by atoms with Gasteiger partial charge in [0.1, 0.15) is 0 Å². The first-order chi connectivity index (χ1) is 7.70. The Hall–Kier alpha value is -1.22. The van der Waals surface area contributed by atoms with Crippen LogP contribution in [0.4, 0.5) is 0 Å². The van der Waals surface area contributed by atoms with Crippen molar-refractivity contribution in [1.29, 1.82) is 0 Å². The van der Waals surface area contributed by atoms with Crippen molar-refractivity contribution in [3.63, 3.8) is 0 Å². The molecule has 4 N–H and O–H groups in total. The van der Waals surface area contributed by atoms with Gasteiger partial charge in [-0.3, -0.25) is 4.79 Å². The molecule has 0 radical (unpaired) electrons. The van der Waals surface area contributed by atoms with E-state index in [1.807, 2.05) is 30.3 Å². The van der Waals surface area contributed by atoms with E-state index in [1.54, 1.807) is 0 Å². The Labute approximate surface area is 99.5 Å². The number of rotatable bonds is 3. The van der Waals surface area contributed by atoms with Gasteiger partial charge in [0.15, 0.2) is 0 Å². The summed E-state index contributed by atoms with van der Waals surface area (Å²) in [5.74, 6) is -0.869. The molecule has 0 spiro atoms. The molecule has 1 unspecified atom stereocenters. The number of benzene rings is 1. The predicted octanol–water partition coefficient (Wildman–Crippen LogP) is -2.96. The zero-order valence-corrected chi connectivity index (χ0v) is 9.41. The predicted molar refractivity (Wildman–Crippen MR) is 47.8 cm³/mol. The van der Waals surface area contributed by atoms with Gasteiger partial charge in [-0.15, -0.1) is 0 Å². The Morgan fingerprint density at radius 1 is 1.29 bits per heavy atom. The molecule has 0 aliphatic rings. The van der Waals surface area contributed by atoms with Crippen molar-refractivity contribution in [2.24, 2.45) is 5.73 Å². The summed E-state index contributed by atoms with van der Waals surface area (Å²) in [5, 5.41) is 8.47. The van der Waals surface area contributed by atoms with Gasteiger partial charge in [0.2, 0.25) is 0 Å². The zero-order chi connectivity index (χ0) is 13.5. The van der Waals surface area contributed by atoms with Crippen molar-refractivity contribution in [2.45, 2.75) is 12.5 Å². The molecule has 0 aliphatic carbocycles. The molecule has 1 aromatic rings. The van der Waals surface area contributed by atoms with E-state index in [0.717, 1.165) is 5.56 Å². The van der Waals surface area contributed by atoms with Crippen molar-refractivity contribution in [1.82, 2.24) is 0 Å². The maximum atomic E-state index is 10.3. The van der Waals surface area contributed by atoms with Gasteiger partial charge in [-0.25, -0.2) is 0 Å². The summed E-state index contributed by atoms with van der Waals surface area (Å²) in [4.78, 5) is 10.3. The number of halogens is 1. The third-order valence-corrected chi connectivity index (χ3v) is 1.62. The highest BCUT2D eigenvalue weighted by molar-refractivity contribution is 5.67. The molecule has 0 aliphatic heterocycles. The minimum Gasteiger partial charge on any atom is -0.481 e. The van der Waals surface area contributed by atoms with Crippen molar-refractivity contribution in [2.75, 3.05) is 0 Å². The van der Waals surface area contributed by atoms with Gasteiger partial charge in [0.05, 0.1) is 21.3 Å². The summed E-state index contributed by atoms with van der Waals surface area (Å²) in [6, 6.07) is 8.82. The highest BCUT2D eigenvalue weighted by Gasteiger charge is 2.08. The van der Waals surface area contributed by atoms with Crippen molar-refractivity contribution < 1.29 is 38.8 Å². The van der Waals surface area contributed by atoms with E-state index in [4.69, 9.17) is 29.5 Å². The monoisotopic (exact) mass is 265 g/mol. The Balaban J connectivity index is 0.000000437. The average molecular weight is 266 g/mol. The molecule has 0 amide bonds. The highest BCUT2D eigenvalue weighted by Crippen LogP contribution is 2.12. The fourth-order valence-electron chi connectivity index (χ4n) is 1.01. The number of carboxylic acids is 1. The van der Waals surface area contributed by atoms with Crippen LogP contribution in [0.1, 0.15) is 18.0 Å². The zero-order valence-electron chi connectivity index (χ0n) is 8.65. The molecule has 1 rings (SSSR count). The standard InChI is InChI=1S/C9H11NO2.ClHO4/c10-8(6-9(11)12)7-4-2-1-3-5-7;2-1(3,4)5/h1-5,8H,6,10H2,(H,11,12);(H,2,3,4,5). The van der Waals surface area contributed by atoms with E-state index in [9.17, 15) is 4.79 Å². The molecule has 17 heavy (non-hydrogen) atoms. The third kappa shape index (κ3) is 11.1. The van der Waals surface area contributed by atoms with Crippen molar-refractivity contribution >= 4 is 5.97 Å². The van der Waals surface area contributed by atoms with E-state index in [1.165, 1.54) is 0 Å². The second-order valence-electron chi connectivity index (χ2n) is 3.01. The molecule has 0 saturated carbocycles. The van der Waals surface area contributed by atoms with E-state index in [-0.39, 0.29) is 6.42 Å². The van der Waals surface area contributed by atoms with E-state index in [2.05, 4.69) is 0 Å². The van der Waals surface area contributed by atoms with Gasteiger partial charge >= 0.3 is 5.97 Å². The van der Waals surface area contributed by atoms with E-state index < -0.39 is 22.3 Å². The van der Waals surface area contributed by atoms with Gasteiger partial charge in [-0.05, 0) is 5.56 Å². The fraction of sp³-hybridized carbons (Fsp3) is 0.222.